The van der Waals surface area contributed by atoms with Crippen LogP contribution in [0.4, 0.5) is 0 Å². The highest BCUT2D eigenvalue weighted by Crippen LogP contribution is 2.30. The molecule has 106 valence electrons. The quantitative estimate of drug-likeness (QED) is 0.570. The minimum Gasteiger partial charge on any atom is -0.504 e. The number of rotatable bonds is 2. The van der Waals surface area contributed by atoms with Gasteiger partial charge in [0, 0.05) is 0 Å². The van der Waals surface area contributed by atoms with Gasteiger partial charge >= 0.3 is 0 Å². The Morgan fingerprint density at radius 3 is 2.45 bits per heavy atom. The molecule has 1 saturated carbocycles. The first kappa shape index (κ1) is 14.2. The first-order valence-electron chi connectivity index (χ1n) is 6.83. The van der Waals surface area contributed by atoms with Crippen molar-refractivity contribution in [3.8, 4) is 17.6 Å². The van der Waals surface area contributed by atoms with E-state index in [9.17, 15) is 20.3 Å². The number of nitriles is 1. The molecule has 5 heteroatoms. The van der Waals surface area contributed by atoms with Gasteiger partial charge in [0.25, 0.3) is 5.91 Å². The lowest BCUT2D eigenvalue weighted by molar-refractivity contribution is 0.0909. The molecule has 0 radical (unpaired) electrons. The average Bonchev–Trinajstić information content (AvgIpc) is 2.68. The summed E-state index contributed by atoms with van der Waals surface area (Å²) in [6, 6.07) is 6.42. The second-order valence-electron chi connectivity index (χ2n) is 5.24. The van der Waals surface area contributed by atoms with Gasteiger partial charge < -0.3 is 15.5 Å². The second-order valence-corrected chi connectivity index (χ2v) is 5.24. The SMILES string of the molecule is N#CC1(NC(=O)c2cccc(O)c2O)CCCCCC1. The Morgan fingerprint density at radius 2 is 1.85 bits per heavy atom. The van der Waals surface area contributed by atoms with Crippen LogP contribution in [-0.2, 0) is 0 Å². The van der Waals surface area contributed by atoms with Crippen molar-refractivity contribution in [3.05, 3.63) is 23.8 Å². The zero-order valence-electron chi connectivity index (χ0n) is 11.2. The summed E-state index contributed by atoms with van der Waals surface area (Å²) in [6.45, 7) is 0. The van der Waals surface area contributed by atoms with E-state index in [4.69, 9.17) is 0 Å². The Morgan fingerprint density at radius 1 is 1.20 bits per heavy atom. The zero-order chi connectivity index (χ0) is 14.6. The van der Waals surface area contributed by atoms with Crippen LogP contribution in [0.15, 0.2) is 18.2 Å². The molecule has 1 aliphatic rings. The molecule has 3 N–H and O–H groups in total. The van der Waals surface area contributed by atoms with Crippen LogP contribution in [0.25, 0.3) is 0 Å². The number of benzene rings is 1. The number of aromatic hydroxyl groups is 2. The van der Waals surface area contributed by atoms with Gasteiger partial charge in [-0.1, -0.05) is 31.7 Å². The van der Waals surface area contributed by atoms with E-state index in [-0.39, 0.29) is 11.3 Å². The lowest BCUT2D eigenvalue weighted by Crippen LogP contribution is -2.47. The summed E-state index contributed by atoms with van der Waals surface area (Å²) in [5, 5.41) is 31.3. The first-order chi connectivity index (χ1) is 9.58. The number of hydrogen-bond donors (Lipinski definition) is 3. The van der Waals surface area contributed by atoms with Gasteiger partial charge in [-0.25, -0.2) is 0 Å². The molecular formula is C15H18N2O3. The number of phenols is 2. The first-order valence-corrected chi connectivity index (χ1v) is 6.83. The highest BCUT2D eigenvalue weighted by Gasteiger charge is 2.33. The largest absolute Gasteiger partial charge is 0.504 e. The van der Waals surface area contributed by atoms with Crippen molar-refractivity contribution in [1.29, 1.82) is 5.26 Å². The predicted octanol–water partition coefficient (Wildman–Crippen LogP) is 2.44. The van der Waals surface area contributed by atoms with E-state index in [1.54, 1.807) is 0 Å². The van der Waals surface area contributed by atoms with Crippen molar-refractivity contribution < 1.29 is 15.0 Å². The van der Waals surface area contributed by atoms with Gasteiger partial charge in [0.15, 0.2) is 11.5 Å². The third kappa shape index (κ3) is 2.85. The Balaban J connectivity index is 2.21. The lowest BCUT2D eigenvalue weighted by atomic mass is 9.91. The molecule has 0 unspecified atom stereocenters. The third-order valence-corrected chi connectivity index (χ3v) is 3.78. The van der Waals surface area contributed by atoms with Gasteiger partial charge in [-0.15, -0.1) is 0 Å². The minimum atomic E-state index is -0.870. The maximum absolute atomic E-state index is 12.2. The molecule has 0 atom stereocenters. The zero-order valence-corrected chi connectivity index (χ0v) is 11.2. The molecular weight excluding hydrogens is 256 g/mol. The van der Waals surface area contributed by atoms with E-state index in [0.717, 1.165) is 25.7 Å². The van der Waals surface area contributed by atoms with Gasteiger partial charge in [-0.3, -0.25) is 4.79 Å². The van der Waals surface area contributed by atoms with Crippen molar-refractivity contribution in [2.45, 2.75) is 44.1 Å². The van der Waals surface area contributed by atoms with Crippen LogP contribution in [0, 0.1) is 11.3 Å². The number of carbonyl (C=O) groups excluding carboxylic acids is 1. The molecule has 1 fully saturated rings. The van der Waals surface area contributed by atoms with E-state index in [0.29, 0.717) is 12.8 Å². The van der Waals surface area contributed by atoms with Crippen LogP contribution in [0.2, 0.25) is 0 Å². The molecule has 5 nitrogen and oxygen atoms in total. The van der Waals surface area contributed by atoms with Gasteiger partial charge in [-0.05, 0) is 25.0 Å². The van der Waals surface area contributed by atoms with Crippen molar-refractivity contribution in [2.24, 2.45) is 0 Å². The minimum absolute atomic E-state index is 0.0103. The highest BCUT2D eigenvalue weighted by atomic mass is 16.3. The number of phenolic OH excluding ortho intramolecular Hbond substituents is 2. The normalized spacial score (nSPS) is 17.8. The summed E-state index contributed by atoms with van der Waals surface area (Å²) in [5.74, 6) is -1.32. The van der Waals surface area contributed by atoms with Crippen LogP contribution in [0.1, 0.15) is 48.9 Å². The summed E-state index contributed by atoms with van der Waals surface area (Å²) < 4.78 is 0. The maximum Gasteiger partial charge on any atom is 0.256 e. The smallest absolute Gasteiger partial charge is 0.256 e. The van der Waals surface area contributed by atoms with Crippen LogP contribution in [-0.4, -0.2) is 21.7 Å². The number of amides is 1. The molecule has 0 heterocycles. The average molecular weight is 274 g/mol. The van der Waals surface area contributed by atoms with Crippen LogP contribution >= 0.6 is 0 Å². The topological polar surface area (TPSA) is 93.4 Å². The molecule has 1 aromatic rings. The summed E-state index contributed by atoms with van der Waals surface area (Å²) in [7, 11) is 0. The third-order valence-electron chi connectivity index (χ3n) is 3.78. The van der Waals surface area contributed by atoms with Crippen LogP contribution in [0.3, 0.4) is 0 Å². The molecule has 0 bridgehead atoms. The second kappa shape index (κ2) is 5.83. The highest BCUT2D eigenvalue weighted by molar-refractivity contribution is 5.98. The summed E-state index contributed by atoms with van der Waals surface area (Å²) in [5.41, 5.74) is -0.880. The number of hydrogen-bond acceptors (Lipinski definition) is 4. The molecule has 0 aliphatic heterocycles. The van der Waals surface area contributed by atoms with Crippen LogP contribution in [0.5, 0.6) is 11.5 Å². The van der Waals surface area contributed by atoms with E-state index in [1.165, 1.54) is 18.2 Å². The van der Waals surface area contributed by atoms with Crippen molar-refractivity contribution in [3.63, 3.8) is 0 Å². The van der Waals surface area contributed by atoms with Gasteiger partial charge in [-0.2, -0.15) is 5.26 Å². The molecule has 0 aromatic heterocycles. The van der Waals surface area contributed by atoms with Crippen LogP contribution < -0.4 is 5.32 Å². The molecule has 0 spiro atoms. The molecule has 1 amide bonds. The van der Waals surface area contributed by atoms with E-state index in [1.807, 2.05) is 0 Å². The van der Waals surface area contributed by atoms with Gasteiger partial charge in [0.2, 0.25) is 0 Å². The Labute approximate surface area is 117 Å². The lowest BCUT2D eigenvalue weighted by Gasteiger charge is -2.26. The number of para-hydroxylation sites is 1. The van der Waals surface area contributed by atoms with Crippen molar-refractivity contribution >= 4 is 5.91 Å². The molecule has 0 saturated heterocycles. The number of carbonyl (C=O) groups is 1. The van der Waals surface area contributed by atoms with E-state index in [2.05, 4.69) is 11.4 Å². The fourth-order valence-corrected chi connectivity index (χ4v) is 2.60. The fourth-order valence-electron chi connectivity index (χ4n) is 2.60. The summed E-state index contributed by atoms with van der Waals surface area (Å²) >= 11 is 0. The molecule has 2 rings (SSSR count). The number of nitrogens with one attached hydrogen (secondary N) is 1. The summed E-state index contributed by atoms with van der Waals surface area (Å²) in [4.78, 5) is 12.2. The molecule has 1 aliphatic carbocycles. The molecule has 20 heavy (non-hydrogen) atoms. The Kier molecular flexibility index (Phi) is 4.14. The predicted molar refractivity (Wildman–Crippen MR) is 73.3 cm³/mol. The van der Waals surface area contributed by atoms with Crippen molar-refractivity contribution in [1.82, 2.24) is 5.32 Å². The van der Waals surface area contributed by atoms with E-state index >= 15 is 0 Å². The molecule has 1 aromatic carbocycles. The maximum atomic E-state index is 12.2. The number of nitrogens with zero attached hydrogens (tertiary/aromatic N) is 1. The fraction of sp³-hybridized carbons (Fsp3) is 0.467. The van der Waals surface area contributed by atoms with Gasteiger partial charge in [0.1, 0.15) is 5.54 Å². The van der Waals surface area contributed by atoms with E-state index < -0.39 is 17.2 Å². The standard InChI is InChI=1S/C15H18N2O3/c16-10-15(8-3-1-2-4-9-15)17-14(20)11-6-5-7-12(18)13(11)19/h5-7,18-19H,1-4,8-9H2,(H,17,20). The summed E-state index contributed by atoms with van der Waals surface area (Å²) in [6.07, 6.45) is 5.18. The van der Waals surface area contributed by atoms with Crippen molar-refractivity contribution in [2.75, 3.05) is 0 Å². The van der Waals surface area contributed by atoms with Gasteiger partial charge in [0.05, 0.1) is 11.6 Å². The Hall–Kier alpha value is -2.22. The monoisotopic (exact) mass is 274 g/mol. The Bertz CT molecular complexity index is 541.